The van der Waals surface area contributed by atoms with E-state index in [0.29, 0.717) is 13.0 Å². The van der Waals surface area contributed by atoms with Crippen molar-refractivity contribution < 1.29 is 4.79 Å². The van der Waals surface area contributed by atoms with Crippen molar-refractivity contribution in [2.45, 2.75) is 39.3 Å². The van der Waals surface area contributed by atoms with Crippen LogP contribution < -0.4 is 10.6 Å². The molecule has 0 spiro atoms. The number of amides is 1. The van der Waals surface area contributed by atoms with E-state index in [1.54, 1.807) is 6.20 Å². The molecule has 94 valence electrons. The topological polar surface area (TPSA) is 54.0 Å². The Bertz CT molecular complexity index is 338. The molecule has 1 aromatic heterocycles. The molecule has 0 saturated heterocycles. The second-order valence-electron chi connectivity index (χ2n) is 4.43. The van der Waals surface area contributed by atoms with E-state index in [4.69, 9.17) is 0 Å². The summed E-state index contributed by atoms with van der Waals surface area (Å²) in [5.41, 5.74) is 1.14. The number of nitrogens with zero attached hydrogens (tertiary/aromatic N) is 1. The summed E-state index contributed by atoms with van der Waals surface area (Å²) in [6, 6.07) is 4.37. The average Bonchev–Trinajstić information content (AvgIpc) is 2.29. The van der Waals surface area contributed by atoms with E-state index in [-0.39, 0.29) is 18.0 Å². The van der Waals surface area contributed by atoms with Crippen LogP contribution in [0.5, 0.6) is 0 Å². The normalized spacial score (nSPS) is 12.5. The van der Waals surface area contributed by atoms with E-state index in [1.807, 2.05) is 32.2 Å². The molecule has 1 heterocycles. The van der Waals surface area contributed by atoms with Crippen LogP contribution in [0.2, 0.25) is 0 Å². The van der Waals surface area contributed by atoms with Crippen LogP contribution in [-0.2, 0) is 4.79 Å². The Balaban J connectivity index is 2.25. The third-order valence-corrected chi connectivity index (χ3v) is 2.44. The van der Waals surface area contributed by atoms with E-state index in [1.165, 1.54) is 0 Å². The van der Waals surface area contributed by atoms with Gasteiger partial charge >= 0.3 is 0 Å². The first kappa shape index (κ1) is 13.6. The lowest BCUT2D eigenvalue weighted by Crippen LogP contribution is -2.33. The van der Waals surface area contributed by atoms with Crippen LogP contribution in [0.4, 0.5) is 0 Å². The molecule has 1 atom stereocenters. The van der Waals surface area contributed by atoms with Crippen molar-refractivity contribution in [3.8, 4) is 0 Å². The van der Waals surface area contributed by atoms with Crippen molar-refractivity contribution >= 4 is 5.91 Å². The minimum absolute atomic E-state index is 0.0888. The Morgan fingerprint density at radius 1 is 1.41 bits per heavy atom. The molecule has 0 aliphatic heterocycles. The molecule has 0 radical (unpaired) electrons. The summed E-state index contributed by atoms with van der Waals surface area (Å²) in [6.45, 7) is 6.67. The van der Waals surface area contributed by atoms with Crippen molar-refractivity contribution in [2.24, 2.45) is 0 Å². The Morgan fingerprint density at radius 2 is 2.18 bits per heavy atom. The number of rotatable bonds is 6. The maximum Gasteiger partial charge on any atom is 0.221 e. The molecule has 2 N–H and O–H groups in total. The van der Waals surface area contributed by atoms with Gasteiger partial charge in [0.15, 0.2) is 0 Å². The molecular formula is C13H21N3O. The maximum atomic E-state index is 11.4. The van der Waals surface area contributed by atoms with Crippen LogP contribution in [0, 0.1) is 0 Å². The summed E-state index contributed by atoms with van der Waals surface area (Å²) in [5, 5.41) is 6.17. The third kappa shape index (κ3) is 5.45. The van der Waals surface area contributed by atoms with Gasteiger partial charge in [0.1, 0.15) is 0 Å². The van der Waals surface area contributed by atoms with Crippen LogP contribution >= 0.6 is 0 Å². The highest BCUT2D eigenvalue weighted by Crippen LogP contribution is 2.09. The zero-order valence-electron chi connectivity index (χ0n) is 10.7. The summed E-state index contributed by atoms with van der Waals surface area (Å²) < 4.78 is 0. The molecule has 0 aromatic carbocycles. The fourth-order valence-electron chi connectivity index (χ4n) is 1.55. The van der Waals surface area contributed by atoms with E-state index in [9.17, 15) is 4.79 Å². The summed E-state index contributed by atoms with van der Waals surface area (Å²) in [7, 11) is 0. The Hall–Kier alpha value is -1.42. The molecule has 0 unspecified atom stereocenters. The lowest BCUT2D eigenvalue weighted by molar-refractivity contribution is -0.121. The number of pyridine rings is 1. The van der Waals surface area contributed by atoms with Crippen LogP contribution in [-0.4, -0.2) is 23.5 Å². The first-order valence-corrected chi connectivity index (χ1v) is 6.02. The van der Waals surface area contributed by atoms with Gasteiger partial charge in [-0.1, -0.05) is 6.07 Å². The van der Waals surface area contributed by atoms with Crippen molar-refractivity contribution in [1.29, 1.82) is 0 Å². The fourth-order valence-corrected chi connectivity index (χ4v) is 1.55. The zero-order chi connectivity index (χ0) is 12.7. The van der Waals surface area contributed by atoms with Crippen LogP contribution in [0.25, 0.3) is 0 Å². The molecule has 0 fully saturated rings. The smallest absolute Gasteiger partial charge is 0.221 e. The van der Waals surface area contributed by atoms with Crippen molar-refractivity contribution in [1.82, 2.24) is 15.6 Å². The number of hydrogen-bond acceptors (Lipinski definition) is 3. The quantitative estimate of drug-likeness (QED) is 0.788. The van der Waals surface area contributed by atoms with Gasteiger partial charge in [-0.2, -0.15) is 0 Å². The lowest BCUT2D eigenvalue weighted by Gasteiger charge is -2.14. The molecule has 0 aliphatic rings. The number of carbonyl (C=O) groups excluding carboxylic acids is 1. The average molecular weight is 235 g/mol. The molecule has 1 amide bonds. The Kier molecular flexibility index (Phi) is 5.63. The van der Waals surface area contributed by atoms with Crippen LogP contribution in [0.1, 0.15) is 38.8 Å². The van der Waals surface area contributed by atoms with Gasteiger partial charge in [0.25, 0.3) is 0 Å². The molecule has 0 aliphatic carbocycles. The first-order valence-electron chi connectivity index (χ1n) is 6.02. The summed E-state index contributed by atoms with van der Waals surface area (Å²) >= 11 is 0. The minimum Gasteiger partial charge on any atom is -0.354 e. The standard InChI is InChI=1S/C13H21N3O/c1-10(2)16-13(17)6-8-15-11(3)12-5-4-7-14-9-12/h4-5,7,9-11,15H,6,8H2,1-3H3,(H,16,17)/t11-/m0/s1. The van der Waals surface area contributed by atoms with Crippen molar-refractivity contribution in [3.63, 3.8) is 0 Å². The number of nitrogens with one attached hydrogen (secondary N) is 2. The third-order valence-electron chi connectivity index (χ3n) is 2.44. The Labute approximate surface area is 103 Å². The summed E-state index contributed by atoms with van der Waals surface area (Å²) in [4.78, 5) is 15.5. The van der Waals surface area contributed by atoms with Crippen molar-refractivity contribution in [2.75, 3.05) is 6.54 Å². The van der Waals surface area contributed by atoms with Gasteiger partial charge in [-0.05, 0) is 32.4 Å². The van der Waals surface area contributed by atoms with Gasteiger partial charge in [0, 0.05) is 37.4 Å². The van der Waals surface area contributed by atoms with Crippen molar-refractivity contribution in [3.05, 3.63) is 30.1 Å². The van der Waals surface area contributed by atoms with Gasteiger partial charge in [0.2, 0.25) is 5.91 Å². The van der Waals surface area contributed by atoms with Gasteiger partial charge in [-0.15, -0.1) is 0 Å². The van der Waals surface area contributed by atoms with Gasteiger partial charge in [-0.25, -0.2) is 0 Å². The maximum absolute atomic E-state index is 11.4. The second-order valence-corrected chi connectivity index (χ2v) is 4.43. The Morgan fingerprint density at radius 3 is 2.76 bits per heavy atom. The largest absolute Gasteiger partial charge is 0.354 e. The predicted octanol–water partition coefficient (Wildman–Crippen LogP) is 1.65. The summed E-state index contributed by atoms with van der Waals surface area (Å²) in [6.07, 6.45) is 4.10. The molecule has 0 saturated carbocycles. The number of aromatic nitrogens is 1. The van der Waals surface area contributed by atoms with Gasteiger partial charge < -0.3 is 10.6 Å². The van der Waals surface area contributed by atoms with Gasteiger partial charge in [0.05, 0.1) is 0 Å². The van der Waals surface area contributed by atoms with E-state index < -0.39 is 0 Å². The summed E-state index contributed by atoms with van der Waals surface area (Å²) in [5.74, 6) is 0.0888. The minimum atomic E-state index is 0.0888. The van der Waals surface area contributed by atoms with Crippen LogP contribution in [0.15, 0.2) is 24.5 Å². The fraction of sp³-hybridized carbons (Fsp3) is 0.538. The van der Waals surface area contributed by atoms with E-state index in [0.717, 1.165) is 5.56 Å². The lowest BCUT2D eigenvalue weighted by atomic mass is 10.1. The highest BCUT2D eigenvalue weighted by molar-refractivity contribution is 5.76. The first-order chi connectivity index (χ1) is 8.09. The molecule has 0 bridgehead atoms. The SMILES string of the molecule is CC(C)NC(=O)CCN[C@@H](C)c1cccnc1. The molecule has 1 rings (SSSR count). The second kappa shape index (κ2) is 7.01. The highest BCUT2D eigenvalue weighted by Gasteiger charge is 2.06. The van der Waals surface area contributed by atoms with Crippen LogP contribution in [0.3, 0.4) is 0 Å². The zero-order valence-corrected chi connectivity index (χ0v) is 10.7. The molecule has 4 heteroatoms. The molecular weight excluding hydrogens is 214 g/mol. The monoisotopic (exact) mass is 235 g/mol. The molecule has 17 heavy (non-hydrogen) atoms. The van der Waals surface area contributed by atoms with E-state index >= 15 is 0 Å². The number of carbonyl (C=O) groups is 1. The van der Waals surface area contributed by atoms with E-state index in [2.05, 4.69) is 22.5 Å². The number of hydrogen-bond donors (Lipinski definition) is 2. The highest BCUT2D eigenvalue weighted by atomic mass is 16.1. The molecule has 1 aromatic rings. The predicted molar refractivity (Wildman–Crippen MR) is 68.6 cm³/mol. The van der Waals surface area contributed by atoms with Gasteiger partial charge in [-0.3, -0.25) is 9.78 Å². The molecule has 4 nitrogen and oxygen atoms in total.